The number of unbranched alkanes of at least 4 members (excludes halogenated alkanes) is 3. The third-order valence-electron chi connectivity index (χ3n) is 2.42. The molecule has 0 aromatic carbocycles. The molecule has 1 aromatic rings. The number of aromatic nitrogens is 2. The molecule has 0 saturated carbocycles. The Morgan fingerprint density at radius 2 is 2.00 bits per heavy atom. The highest BCUT2D eigenvalue weighted by molar-refractivity contribution is 5.34. The van der Waals surface area contributed by atoms with Crippen LogP contribution < -0.4 is 5.32 Å². The molecule has 15 heavy (non-hydrogen) atoms. The molecule has 84 valence electrons. The zero-order valence-corrected chi connectivity index (χ0v) is 9.79. The Labute approximate surface area is 92.3 Å². The number of rotatable bonds is 7. The first-order valence-electron chi connectivity index (χ1n) is 5.91. The van der Waals surface area contributed by atoms with Crippen LogP contribution in [0, 0.1) is 0 Å². The van der Waals surface area contributed by atoms with Crippen LogP contribution in [-0.2, 0) is 6.42 Å². The molecule has 1 N–H and O–H groups in total. The van der Waals surface area contributed by atoms with Crippen molar-refractivity contribution in [3.8, 4) is 0 Å². The predicted molar refractivity (Wildman–Crippen MR) is 64.0 cm³/mol. The van der Waals surface area contributed by atoms with Crippen molar-refractivity contribution in [2.75, 3.05) is 11.9 Å². The molecule has 0 fully saturated rings. The minimum absolute atomic E-state index is 0.957. The Hall–Kier alpha value is -1.12. The summed E-state index contributed by atoms with van der Waals surface area (Å²) in [5, 5.41) is 3.33. The van der Waals surface area contributed by atoms with E-state index in [2.05, 4.69) is 29.1 Å². The molecule has 1 heterocycles. The Kier molecular flexibility index (Phi) is 5.74. The maximum absolute atomic E-state index is 4.18. The van der Waals surface area contributed by atoms with Gasteiger partial charge >= 0.3 is 0 Å². The van der Waals surface area contributed by atoms with E-state index < -0.39 is 0 Å². The van der Waals surface area contributed by atoms with E-state index in [0.717, 1.165) is 24.5 Å². The minimum atomic E-state index is 0.957. The number of anilines is 1. The summed E-state index contributed by atoms with van der Waals surface area (Å²) in [6, 6.07) is 2.03. The fourth-order valence-electron chi connectivity index (χ4n) is 1.46. The lowest BCUT2D eigenvalue weighted by atomic mass is 10.2. The summed E-state index contributed by atoms with van der Waals surface area (Å²) in [7, 11) is 0. The maximum Gasteiger partial charge on any atom is 0.129 e. The highest BCUT2D eigenvalue weighted by Crippen LogP contribution is 2.05. The van der Waals surface area contributed by atoms with Gasteiger partial charge in [-0.1, -0.05) is 33.1 Å². The van der Waals surface area contributed by atoms with E-state index >= 15 is 0 Å². The molecule has 0 bridgehead atoms. The number of hydrogen-bond acceptors (Lipinski definition) is 3. The van der Waals surface area contributed by atoms with Gasteiger partial charge in [0.2, 0.25) is 0 Å². The lowest BCUT2D eigenvalue weighted by Gasteiger charge is -2.05. The molecular weight excluding hydrogens is 186 g/mol. The van der Waals surface area contributed by atoms with E-state index in [9.17, 15) is 0 Å². The fourth-order valence-corrected chi connectivity index (χ4v) is 1.46. The molecular formula is C12H21N3. The van der Waals surface area contributed by atoms with Gasteiger partial charge in [-0.05, 0) is 12.8 Å². The van der Waals surface area contributed by atoms with Gasteiger partial charge in [-0.3, -0.25) is 0 Å². The van der Waals surface area contributed by atoms with Crippen molar-refractivity contribution in [3.63, 3.8) is 0 Å². The van der Waals surface area contributed by atoms with Crippen LogP contribution in [0.4, 0.5) is 5.82 Å². The van der Waals surface area contributed by atoms with Crippen molar-refractivity contribution >= 4 is 5.82 Å². The number of aryl methyl sites for hydroxylation is 1. The molecule has 0 saturated heterocycles. The summed E-state index contributed by atoms with van der Waals surface area (Å²) in [4.78, 5) is 8.35. The summed E-state index contributed by atoms with van der Waals surface area (Å²) in [5.74, 6) is 0.957. The first kappa shape index (κ1) is 12.0. The van der Waals surface area contributed by atoms with Gasteiger partial charge in [0, 0.05) is 18.3 Å². The normalized spacial score (nSPS) is 10.3. The van der Waals surface area contributed by atoms with Gasteiger partial charge < -0.3 is 5.32 Å². The standard InChI is InChI=1S/C12H21N3/c1-3-5-6-7-8-13-12-9-11(4-2)14-10-15-12/h9-10H,3-8H2,1-2H3,(H,13,14,15). The number of nitrogens with one attached hydrogen (secondary N) is 1. The average molecular weight is 207 g/mol. The van der Waals surface area contributed by atoms with Crippen molar-refractivity contribution in [1.29, 1.82) is 0 Å². The molecule has 0 amide bonds. The van der Waals surface area contributed by atoms with E-state index in [4.69, 9.17) is 0 Å². The van der Waals surface area contributed by atoms with E-state index in [-0.39, 0.29) is 0 Å². The largest absolute Gasteiger partial charge is 0.370 e. The van der Waals surface area contributed by atoms with E-state index in [1.165, 1.54) is 25.7 Å². The smallest absolute Gasteiger partial charge is 0.129 e. The second-order valence-corrected chi connectivity index (χ2v) is 3.74. The lowest BCUT2D eigenvalue weighted by molar-refractivity contribution is 0.684. The first-order chi connectivity index (χ1) is 7.36. The second-order valence-electron chi connectivity index (χ2n) is 3.74. The Bertz CT molecular complexity index is 273. The molecule has 0 aliphatic rings. The van der Waals surface area contributed by atoms with Crippen LogP contribution in [0.25, 0.3) is 0 Å². The van der Waals surface area contributed by atoms with Gasteiger partial charge in [0.05, 0.1) is 0 Å². The summed E-state index contributed by atoms with van der Waals surface area (Å²) in [5.41, 5.74) is 1.10. The third kappa shape index (κ3) is 4.77. The van der Waals surface area contributed by atoms with E-state index in [1.807, 2.05) is 6.07 Å². The van der Waals surface area contributed by atoms with Gasteiger partial charge in [0.1, 0.15) is 12.1 Å². The average Bonchev–Trinajstić information content (AvgIpc) is 2.29. The second kappa shape index (κ2) is 7.21. The van der Waals surface area contributed by atoms with Crippen LogP contribution in [0.5, 0.6) is 0 Å². The highest BCUT2D eigenvalue weighted by Gasteiger charge is 1.95. The van der Waals surface area contributed by atoms with Crippen molar-refractivity contribution in [1.82, 2.24) is 9.97 Å². The maximum atomic E-state index is 4.18. The molecule has 1 rings (SSSR count). The van der Waals surface area contributed by atoms with Gasteiger partial charge in [-0.15, -0.1) is 0 Å². The van der Waals surface area contributed by atoms with Gasteiger partial charge in [0.15, 0.2) is 0 Å². The quantitative estimate of drug-likeness (QED) is 0.698. The summed E-state index contributed by atoms with van der Waals surface area (Å²) in [6.45, 7) is 5.35. The molecule has 0 aliphatic carbocycles. The molecule has 0 aliphatic heterocycles. The van der Waals surface area contributed by atoms with E-state index in [1.54, 1.807) is 6.33 Å². The van der Waals surface area contributed by atoms with Crippen LogP contribution in [0.15, 0.2) is 12.4 Å². The molecule has 0 unspecified atom stereocenters. The van der Waals surface area contributed by atoms with Crippen LogP contribution >= 0.6 is 0 Å². The van der Waals surface area contributed by atoms with Crippen molar-refractivity contribution < 1.29 is 0 Å². The zero-order valence-electron chi connectivity index (χ0n) is 9.79. The van der Waals surface area contributed by atoms with Crippen LogP contribution in [-0.4, -0.2) is 16.5 Å². The van der Waals surface area contributed by atoms with Crippen LogP contribution in [0.2, 0.25) is 0 Å². The van der Waals surface area contributed by atoms with Crippen LogP contribution in [0.1, 0.15) is 45.2 Å². The zero-order chi connectivity index (χ0) is 10.9. The molecule has 1 aromatic heterocycles. The van der Waals surface area contributed by atoms with Crippen LogP contribution in [0.3, 0.4) is 0 Å². The predicted octanol–water partition coefficient (Wildman–Crippen LogP) is 3.03. The number of nitrogens with zero attached hydrogens (tertiary/aromatic N) is 2. The first-order valence-corrected chi connectivity index (χ1v) is 5.91. The van der Waals surface area contributed by atoms with Crippen molar-refractivity contribution in [2.45, 2.75) is 46.0 Å². The summed E-state index contributed by atoms with van der Waals surface area (Å²) < 4.78 is 0. The molecule has 3 nitrogen and oxygen atoms in total. The monoisotopic (exact) mass is 207 g/mol. The Balaban J connectivity index is 2.24. The van der Waals surface area contributed by atoms with Crippen molar-refractivity contribution in [2.24, 2.45) is 0 Å². The highest BCUT2D eigenvalue weighted by atomic mass is 15.0. The molecule has 3 heteroatoms. The number of hydrogen-bond donors (Lipinski definition) is 1. The summed E-state index contributed by atoms with van der Waals surface area (Å²) >= 11 is 0. The molecule has 0 spiro atoms. The minimum Gasteiger partial charge on any atom is -0.370 e. The topological polar surface area (TPSA) is 37.8 Å². The van der Waals surface area contributed by atoms with Crippen molar-refractivity contribution in [3.05, 3.63) is 18.1 Å². The fraction of sp³-hybridized carbons (Fsp3) is 0.667. The SMILES string of the molecule is CCCCCCNc1cc(CC)ncn1. The molecule has 0 atom stereocenters. The Morgan fingerprint density at radius 1 is 1.13 bits per heavy atom. The Morgan fingerprint density at radius 3 is 2.73 bits per heavy atom. The lowest BCUT2D eigenvalue weighted by Crippen LogP contribution is -2.04. The summed E-state index contributed by atoms with van der Waals surface area (Å²) in [6.07, 6.45) is 7.73. The molecule has 0 radical (unpaired) electrons. The van der Waals surface area contributed by atoms with Gasteiger partial charge in [0.25, 0.3) is 0 Å². The third-order valence-corrected chi connectivity index (χ3v) is 2.42. The van der Waals surface area contributed by atoms with E-state index in [0.29, 0.717) is 0 Å². The van der Waals surface area contributed by atoms with Gasteiger partial charge in [-0.2, -0.15) is 0 Å². The van der Waals surface area contributed by atoms with Gasteiger partial charge in [-0.25, -0.2) is 9.97 Å².